The van der Waals surface area contributed by atoms with Crippen LogP contribution in [0.2, 0.25) is 0 Å². The van der Waals surface area contributed by atoms with E-state index in [1.54, 1.807) is 49.5 Å². The third-order valence-corrected chi connectivity index (χ3v) is 5.81. The summed E-state index contributed by atoms with van der Waals surface area (Å²) in [6.07, 6.45) is 2.66. The molecule has 0 saturated heterocycles. The molecule has 2 aromatic carbocycles. The fraction of sp³-hybridized carbons (Fsp3) is 0.250. The molecule has 0 bridgehead atoms. The molecule has 0 amide bonds. The maximum atomic E-state index is 12.6. The van der Waals surface area contributed by atoms with Crippen LogP contribution < -0.4 is 4.72 Å². The minimum absolute atomic E-state index is 0.250. The van der Waals surface area contributed by atoms with E-state index in [1.807, 2.05) is 12.1 Å². The Morgan fingerprint density at radius 2 is 1.73 bits per heavy atom. The van der Waals surface area contributed by atoms with E-state index in [4.69, 9.17) is 4.42 Å². The van der Waals surface area contributed by atoms with Crippen molar-refractivity contribution in [3.8, 4) is 11.3 Å². The quantitative estimate of drug-likeness (QED) is 0.665. The van der Waals surface area contributed by atoms with Gasteiger partial charge in [-0.05, 0) is 54.3 Å². The molecule has 1 aromatic heterocycles. The lowest BCUT2D eigenvalue weighted by atomic mass is 9.99. The number of sulfonamides is 1. The third-order valence-electron chi connectivity index (χ3n) is 4.41. The highest BCUT2D eigenvalue weighted by Crippen LogP contribution is 2.24. The molecule has 26 heavy (non-hydrogen) atoms. The van der Waals surface area contributed by atoms with E-state index in [1.165, 1.54) is 0 Å². The van der Waals surface area contributed by atoms with Crippen LogP contribution in [0, 0.1) is 6.92 Å². The molecule has 1 atom stereocenters. The SMILES string of the molecule is CC[C@H](C)c1ccc(S(=O)(=O)Nc2ccc(-c3cnc(C)o3)cc2)cc1. The molecule has 1 N–H and O–H groups in total. The van der Waals surface area contributed by atoms with Crippen LogP contribution >= 0.6 is 0 Å². The van der Waals surface area contributed by atoms with Gasteiger partial charge in [-0.25, -0.2) is 13.4 Å². The van der Waals surface area contributed by atoms with Crippen molar-refractivity contribution in [2.75, 3.05) is 4.72 Å². The predicted molar refractivity (Wildman–Crippen MR) is 103 cm³/mol. The summed E-state index contributed by atoms with van der Waals surface area (Å²) in [5, 5.41) is 0. The van der Waals surface area contributed by atoms with E-state index >= 15 is 0 Å². The van der Waals surface area contributed by atoms with E-state index < -0.39 is 10.0 Å². The number of hydrogen-bond donors (Lipinski definition) is 1. The van der Waals surface area contributed by atoms with Crippen LogP contribution in [0.5, 0.6) is 0 Å². The third kappa shape index (κ3) is 3.96. The fourth-order valence-electron chi connectivity index (χ4n) is 2.62. The molecule has 0 saturated carbocycles. The number of benzene rings is 2. The normalized spacial score (nSPS) is 12.7. The summed E-state index contributed by atoms with van der Waals surface area (Å²) in [5.41, 5.74) is 2.47. The first kappa shape index (κ1) is 18.2. The molecule has 0 aliphatic carbocycles. The van der Waals surface area contributed by atoms with Crippen LogP contribution in [-0.4, -0.2) is 13.4 Å². The van der Waals surface area contributed by atoms with Gasteiger partial charge in [0.25, 0.3) is 10.0 Å². The van der Waals surface area contributed by atoms with Crippen molar-refractivity contribution >= 4 is 15.7 Å². The van der Waals surface area contributed by atoms with Crippen LogP contribution in [0.4, 0.5) is 5.69 Å². The molecule has 136 valence electrons. The minimum Gasteiger partial charge on any atom is -0.441 e. The van der Waals surface area contributed by atoms with Crippen molar-refractivity contribution in [1.29, 1.82) is 0 Å². The van der Waals surface area contributed by atoms with Crippen molar-refractivity contribution in [1.82, 2.24) is 4.98 Å². The van der Waals surface area contributed by atoms with Gasteiger partial charge in [0.15, 0.2) is 11.7 Å². The van der Waals surface area contributed by atoms with Crippen LogP contribution in [-0.2, 0) is 10.0 Å². The summed E-state index contributed by atoms with van der Waals surface area (Å²) in [6, 6.07) is 14.0. The molecular weight excluding hydrogens is 348 g/mol. The van der Waals surface area contributed by atoms with Gasteiger partial charge in [-0.1, -0.05) is 26.0 Å². The number of hydrogen-bond acceptors (Lipinski definition) is 4. The lowest BCUT2D eigenvalue weighted by Crippen LogP contribution is -2.13. The summed E-state index contributed by atoms with van der Waals surface area (Å²) in [7, 11) is -3.62. The lowest BCUT2D eigenvalue weighted by molar-refractivity contribution is 0.534. The number of nitrogens with one attached hydrogen (secondary N) is 1. The Kier molecular flexibility index (Phi) is 5.13. The molecule has 0 aliphatic rings. The molecule has 3 rings (SSSR count). The van der Waals surface area contributed by atoms with Crippen LogP contribution in [0.15, 0.2) is 64.0 Å². The Balaban J connectivity index is 1.76. The second-order valence-corrected chi connectivity index (χ2v) is 7.99. The van der Waals surface area contributed by atoms with Crippen LogP contribution in [0.3, 0.4) is 0 Å². The molecular formula is C20H22N2O3S. The van der Waals surface area contributed by atoms with Crippen LogP contribution in [0.1, 0.15) is 37.6 Å². The Labute approximate surface area is 154 Å². The van der Waals surface area contributed by atoms with Gasteiger partial charge < -0.3 is 4.42 Å². The van der Waals surface area contributed by atoms with E-state index in [-0.39, 0.29) is 4.90 Å². The van der Waals surface area contributed by atoms with Gasteiger partial charge in [-0.15, -0.1) is 0 Å². The zero-order chi connectivity index (χ0) is 18.7. The molecule has 0 fully saturated rings. The smallest absolute Gasteiger partial charge is 0.261 e. The Bertz CT molecular complexity index is 975. The second kappa shape index (κ2) is 7.33. The number of oxazole rings is 1. The number of rotatable bonds is 6. The van der Waals surface area contributed by atoms with Crippen molar-refractivity contribution < 1.29 is 12.8 Å². The van der Waals surface area contributed by atoms with Crippen molar-refractivity contribution in [3.05, 3.63) is 66.2 Å². The van der Waals surface area contributed by atoms with Crippen molar-refractivity contribution in [2.24, 2.45) is 0 Å². The minimum atomic E-state index is -3.62. The van der Waals surface area contributed by atoms with Crippen molar-refractivity contribution in [2.45, 2.75) is 38.0 Å². The molecule has 3 aromatic rings. The second-order valence-electron chi connectivity index (χ2n) is 6.30. The first-order valence-corrected chi connectivity index (χ1v) is 10.0. The lowest BCUT2D eigenvalue weighted by Gasteiger charge is -2.11. The van der Waals surface area contributed by atoms with Gasteiger partial charge in [-0.3, -0.25) is 4.72 Å². The molecule has 1 heterocycles. The predicted octanol–water partition coefficient (Wildman–Crippen LogP) is 4.96. The standard InChI is InChI=1S/C20H22N2O3S/c1-4-14(2)16-7-11-19(12-8-16)26(23,24)22-18-9-5-17(6-10-18)20-13-21-15(3)25-20/h5-14,22H,4H2,1-3H3/t14-/m0/s1. The van der Waals surface area contributed by atoms with E-state index in [2.05, 4.69) is 23.6 Å². The summed E-state index contributed by atoms with van der Waals surface area (Å²) < 4.78 is 33.2. The van der Waals surface area contributed by atoms with Crippen molar-refractivity contribution in [3.63, 3.8) is 0 Å². The molecule has 6 heteroatoms. The Morgan fingerprint density at radius 3 is 2.27 bits per heavy atom. The highest BCUT2D eigenvalue weighted by atomic mass is 32.2. The topological polar surface area (TPSA) is 72.2 Å². The molecule has 0 unspecified atom stereocenters. The van der Waals surface area contributed by atoms with Gasteiger partial charge in [0.1, 0.15) is 0 Å². The zero-order valence-electron chi connectivity index (χ0n) is 15.1. The van der Waals surface area contributed by atoms with Gasteiger partial charge in [0.2, 0.25) is 0 Å². The number of anilines is 1. The van der Waals surface area contributed by atoms with Gasteiger partial charge in [0, 0.05) is 18.2 Å². The molecule has 5 nitrogen and oxygen atoms in total. The van der Waals surface area contributed by atoms with Crippen LogP contribution in [0.25, 0.3) is 11.3 Å². The largest absolute Gasteiger partial charge is 0.441 e. The summed E-state index contributed by atoms with van der Waals surface area (Å²) in [4.78, 5) is 4.31. The average Bonchev–Trinajstić information content (AvgIpc) is 3.08. The van der Waals surface area contributed by atoms with Gasteiger partial charge in [-0.2, -0.15) is 0 Å². The van der Waals surface area contributed by atoms with E-state index in [0.29, 0.717) is 23.3 Å². The molecule has 0 radical (unpaired) electrons. The first-order chi connectivity index (χ1) is 12.4. The van der Waals surface area contributed by atoms with E-state index in [0.717, 1.165) is 17.5 Å². The Morgan fingerprint density at radius 1 is 1.08 bits per heavy atom. The Hall–Kier alpha value is -2.60. The monoisotopic (exact) mass is 370 g/mol. The number of aromatic nitrogens is 1. The first-order valence-electron chi connectivity index (χ1n) is 8.54. The van der Waals surface area contributed by atoms with Gasteiger partial charge in [0.05, 0.1) is 11.1 Å². The zero-order valence-corrected chi connectivity index (χ0v) is 15.9. The highest BCUT2D eigenvalue weighted by Gasteiger charge is 2.15. The van der Waals surface area contributed by atoms with Gasteiger partial charge >= 0.3 is 0 Å². The summed E-state index contributed by atoms with van der Waals surface area (Å²) in [5.74, 6) is 1.65. The number of aryl methyl sites for hydroxylation is 1. The van der Waals surface area contributed by atoms with E-state index in [9.17, 15) is 8.42 Å². The fourth-order valence-corrected chi connectivity index (χ4v) is 3.68. The molecule has 0 aliphatic heterocycles. The average molecular weight is 370 g/mol. The summed E-state index contributed by atoms with van der Waals surface area (Å²) in [6.45, 7) is 6.01. The highest BCUT2D eigenvalue weighted by molar-refractivity contribution is 7.92. The number of nitrogens with zero attached hydrogens (tertiary/aromatic N) is 1. The maximum Gasteiger partial charge on any atom is 0.261 e. The maximum absolute atomic E-state index is 12.6. The summed E-state index contributed by atoms with van der Waals surface area (Å²) >= 11 is 0. The molecule has 0 spiro atoms.